The minimum Gasteiger partial charge on any atom is -0.493 e. The number of benzene rings is 2. The van der Waals surface area contributed by atoms with Crippen molar-refractivity contribution in [3.63, 3.8) is 0 Å². The highest BCUT2D eigenvalue weighted by atomic mass is 35.5. The largest absolute Gasteiger partial charge is 0.493 e. The Balaban J connectivity index is 1.48. The van der Waals surface area contributed by atoms with Crippen molar-refractivity contribution in [2.75, 3.05) is 33.9 Å². The Morgan fingerprint density at radius 2 is 1.76 bits per heavy atom. The highest BCUT2D eigenvalue weighted by Gasteiger charge is 2.47. The van der Waals surface area contributed by atoms with Crippen LogP contribution in [0.1, 0.15) is 42.6 Å². The zero-order chi connectivity index (χ0) is 27.6. The van der Waals surface area contributed by atoms with Crippen LogP contribution in [-0.2, 0) is 9.59 Å². The lowest BCUT2D eigenvalue weighted by atomic mass is 9.83. The minimum atomic E-state index is -1.12. The predicted octanol–water partition coefficient (Wildman–Crippen LogP) is 3.70. The molecule has 4 rings (SSSR count). The number of carbonyl (C=O) groups excluding carboxylic acids is 2. The number of carboxylic acid groups (broad SMARTS) is 1. The molecule has 0 atom stereocenters. The molecule has 10 nitrogen and oxygen atoms in total. The third kappa shape index (κ3) is 5.26. The van der Waals surface area contributed by atoms with E-state index in [0.29, 0.717) is 43.1 Å². The molecule has 2 aliphatic rings. The maximum atomic E-state index is 13.4. The van der Waals surface area contributed by atoms with Gasteiger partial charge in [0.15, 0.2) is 18.1 Å². The van der Waals surface area contributed by atoms with E-state index in [9.17, 15) is 14.4 Å². The van der Waals surface area contributed by atoms with Crippen LogP contribution in [0.3, 0.4) is 0 Å². The van der Waals surface area contributed by atoms with Gasteiger partial charge in [-0.25, -0.2) is 9.80 Å². The number of carboxylic acids is 1. The minimum absolute atomic E-state index is 0.0987. The maximum Gasteiger partial charge on any atom is 0.341 e. The number of amides is 2. The van der Waals surface area contributed by atoms with Crippen molar-refractivity contribution in [1.29, 1.82) is 0 Å². The van der Waals surface area contributed by atoms with Crippen LogP contribution in [0.5, 0.6) is 17.2 Å². The summed E-state index contributed by atoms with van der Waals surface area (Å²) in [6.45, 7) is 4.00. The van der Waals surface area contributed by atoms with Gasteiger partial charge >= 0.3 is 5.97 Å². The predicted molar refractivity (Wildman–Crippen MR) is 140 cm³/mol. The lowest BCUT2D eigenvalue weighted by Gasteiger charge is -2.35. The molecule has 11 heteroatoms. The first kappa shape index (κ1) is 27.3. The molecule has 0 bridgehead atoms. The van der Waals surface area contributed by atoms with E-state index in [2.05, 4.69) is 0 Å². The van der Waals surface area contributed by atoms with Crippen LogP contribution in [-0.4, -0.2) is 78.5 Å². The number of nitrogens with zero attached hydrogens (tertiary/aromatic N) is 3. The Kier molecular flexibility index (Phi) is 7.82. The molecule has 1 fully saturated rings. The second kappa shape index (κ2) is 10.9. The number of piperidine rings is 1. The first-order valence-corrected chi connectivity index (χ1v) is 12.5. The summed E-state index contributed by atoms with van der Waals surface area (Å²) in [5.74, 6) is -0.108. The van der Waals surface area contributed by atoms with Crippen LogP contribution in [0, 0.1) is 5.41 Å². The van der Waals surface area contributed by atoms with Crippen molar-refractivity contribution in [3.05, 3.63) is 52.5 Å². The van der Waals surface area contributed by atoms with E-state index < -0.39 is 18.0 Å². The smallest absolute Gasteiger partial charge is 0.341 e. The van der Waals surface area contributed by atoms with Crippen LogP contribution in [0.4, 0.5) is 0 Å². The number of likely N-dealkylation sites (tertiary alicyclic amines) is 1. The van der Waals surface area contributed by atoms with Crippen molar-refractivity contribution in [2.24, 2.45) is 10.5 Å². The van der Waals surface area contributed by atoms with Gasteiger partial charge in [-0.15, -0.1) is 0 Å². The van der Waals surface area contributed by atoms with Gasteiger partial charge in [-0.2, -0.15) is 5.10 Å². The van der Waals surface area contributed by atoms with Gasteiger partial charge in [0.1, 0.15) is 5.75 Å². The summed E-state index contributed by atoms with van der Waals surface area (Å²) >= 11 is 6.26. The average Bonchev–Trinajstić information content (AvgIpc) is 3.15. The summed E-state index contributed by atoms with van der Waals surface area (Å²) in [6.07, 6.45) is 1.09. The molecule has 202 valence electrons. The van der Waals surface area contributed by atoms with E-state index in [1.165, 1.54) is 18.2 Å². The summed E-state index contributed by atoms with van der Waals surface area (Å²) in [5, 5.41) is 15.4. The highest BCUT2D eigenvalue weighted by Crippen LogP contribution is 2.38. The van der Waals surface area contributed by atoms with Crippen molar-refractivity contribution in [3.8, 4) is 17.2 Å². The fourth-order valence-electron chi connectivity index (χ4n) is 4.70. The molecular formula is C27H30ClN3O7. The molecule has 0 spiro atoms. The zero-order valence-electron chi connectivity index (χ0n) is 21.7. The Hall–Kier alpha value is -3.79. The van der Waals surface area contributed by atoms with E-state index in [1.807, 2.05) is 26.0 Å². The van der Waals surface area contributed by atoms with Gasteiger partial charge in [-0.05, 0) is 63.1 Å². The van der Waals surface area contributed by atoms with Crippen molar-refractivity contribution in [2.45, 2.75) is 32.7 Å². The number of hydrogen-bond acceptors (Lipinski definition) is 7. The second-order valence-electron chi connectivity index (χ2n) is 9.64. The lowest BCUT2D eigenvalue weighted by Crippen LogP contribution is -2.47. The number of aliphatic carboxylic acids is 1. The number of hydrazone groups is 1. The van der Waals surface area contributed by atoms with Crippen LogP contribution >= 0.6 is 11.6 Å². The molecule has 0 aromatic heterocycles. The molecular weight excluding hydrogens is 514 g/mol. The van der Waals surface area contributed by atoms with Gasteiger partial charge in [0.2, 0.25) is 0 Å². The number of halogens is 1. The first-order chi connectivity index (χ1) is 18.1. The van der Waals surface area contributed by atoms with E-state index in [0.717, 1.165) is 5.56 Å². The summed E-state index contributed by atoms with van der Waals surface area (Å²) in [6, 6.07) is 9.78. The van der Waals surface area contributed by atoms with Crippen LogP contribution in [0.25, 0.3) is 0 Å². The molecule has 1 saturated heterocycles. The number of rotatable bonds is 8. The quantitative estimate of drug-likeness (QED) is 0.539. The number of carbonyl (C=O) groups is 3. The molecule has 0 unspecified atom stereocenters. The molecule has 1 N–H and O–H groups in total. The number of ether oxygens (including phenoxy) is 3. The summed E-state index contributed by atoms with van der Waals surface area (Å²) in [7, 11) is 3.12. The van der Waals surface area contributed by atoms with Gasteiger partial charge in [0.25, 0.3) is 11.8 Å². The topological polar surface area (TPSA) is 118 Å². The second-order valence-corrected chi connectivity index (χ2v) is 10.0. The zero-order valence-corrected chi connectivity index (χ0v) is 22.4. The summed E-state index contributed by atoms with van der Waals surface area (Å²) in [5.41, 5.74) is 0.819. The molecule has 2 aromatic rings. The Morgan fingerprint density at radius 1 is 1.08 bits per heavy atom. The first-order valence-electron chi connectivity index (χ1n) is 12.2. The van der Waals surface area contributed by atoms with Crippen molar-refractivity contribution >= 4 is 35.1 Å². The Morgan fingerprint density at radius 3 is 2.39 bits per heavy atom. The standard InChI is InChI=1S/C27H30ClN3O7/c1-27(2)24(16-5-8-21(36-3)22(13-16)37-4)29-31(26(27)35)17-9-11-30(12-10-17)25(34)19-14-18(6-7-20(19)28)38-15-23(32)33/h5-8,13-14,17H,9-12,15H2,1-4H3,(H,32,33). The van der Waals surface area contributed by atoms with E-state index >= 15 is 0 Å². The summed E-state index contributed by atoms with van der Waals surface area (Å²) < 4.78 is 15.9. The molecule has 0 aliphatic carbocycles. The van der Waals surface area contributed by atoms with Gasteiger partial charge in [-0.1, -0.05) is 11.6 Å². The normalized spacial score (nSPS) is 17.3. The van der Waals surface area contributed by atoms with E-state index in [1.54, 1.807) is 30.2 Å². The molecule has 2 heterocycles. The van der Waals surface area contributed by atoms with Gasteiger partial charge < -0.3 is 24.2 Å². The molecule has 0 radical (unpaired) electrons. The third-order valence-electron chi connectivity index (χ3n) is 6.83. The maximum absolute atomic E-state index is 13.4. The van der Waals surface area contributed by atoms with E-state index in [-0.39, 0.29) is 34.2 Å². The molecule has 2 aromatic carbocycles. The third-order valence-corrected chi connectivity index (χ3v) is 7.16. The fourth-order valence-corrected chi connectivity index (χ4v) is 4.90. The highest BCUT2D eigenvalue weighted by molar-refractivity contribution is 6.33. The van der Waals surface area contributed by atoms with Gasteiger partial charge in [0, 0.05) is 18.7 Å². The Labute approximate surface area is 225 Å². The SMILES string of the molecule is COc1ccc(C2=NN(C3CCN(C(=O)c4cc(OCC(=O)O)ccc4Cl)CC3)C(=O)C2(C)C)cc1OC. The van der Waals surface area contributed by atoms with Crippen LogP contribution in [0.15, 0.2) is 41.5 Å². The van der Waals surface area contributed by atoms with Gasteiger partial charge in [-0.3, -0.25) is 9.59 Å². The molecule has 38 heavy (non-hydrogen) atoms. The monoisotopic (exact) mass is 543 g/mol. The Bertz CT molecular complexity index is 1290. The number of hydrogen-bond donors (Lipinski definition) is 1. The van der Waals surface area contributed by atoms with E-state index in [4.69, 9.17) is 36.0 Å². The summed E-state index contributed by atoms with van der Waals surface area (Å²) in [4.78, 5) is 39.1. The van der Waals surface area contributed by atoms with Crippen molar-refractivity contribution < 1.29 is 33.7 Å². The molecule has 0 saturated carbocycles. The average molecular weight is 544 g/mol. The number of methoxy groups -OCH3 is 2. The molecule has 2 aliphatic heterocycles. The van der Waals surface area contributed by atoms with Crippen molar-refractivity contribution in [1.82, 2.24) is 9.91 Å². The molecule has 2 amide bonds. The van der Waals surface area contributed by atoms with Gasteiger partial charge in [0.05, 0.1) is 42.0 Å². The lowest BCUT2D eigenvalue weighted by molar-refractivity contribution is -0.139. The fraction of sp³-hybridized carbons (Fsp3) is 0.407. The van der Waals surface area contributed by atoms with Crippen LogP contribution < -0.4 is 14.2 Å². The van der Waals surface area contributed by atoms with Crippen LogP contribution in [0.2, 0.25) is 5.02 Å².